The van der Waals surface area contributed by atoms with E-state index in [2.05, 4.69) is 0 Å². The molecule has 0 aliphatic carbocycles. The Hall–Kier alpha value is -0.720. The minimum Gasteiger partial charge on any atom is -0.398 e. The standard InChI is InChI=1S/C13H20N2O2S2/c1-9-6-12(7-13(14)11(9)3)19(16,17)15-4-5-18-8-10(15)2/h6-7,10H,4-5,8,14H2,1-3H3. The molecule has 2 N–H and O–H groups in total. The first-order chi connectivity index (χ1) is 8.84. The van der Waals surface area contributed by atoms with Crippen LogP contribution in [0.25, 0.3) is 0 Å². The lowest BCUT2D eigenvalue weighted by Crippen LogP contribution is -2.44. The van der Waals surface area contributed by atoms with E-state index in [0.29, 0.717) is 17.1 Å². The molecule has 0 radical (unpaired) electrons. The van der Waals surface area contributed by atoms with Gasteiger partial charge in [0.2, 0.25) is 10.0 Å². The highest BCUT2D eigenvalue weighted by molar-refractivity contribution is 7.99. The summed E-state index contributed by atoms with van der Waals surface area (Å²) in [6, 6.07) is 3.33. The van der Waals surface area contributed by atoms with Crippen LogP contribution in [0.5, 0.6) is 0 Å². The molecule has 1 aromatic carbocycles. The number of nitrogens with zero attached hydrogens (tertiary/aromatic N) is 1. The summed E-state index contributed by atoms with van der Waals surface area (Å²) < 4.78 is 26.9. The minimum absolute atomic E-state index is 0.0339. The monoisotopic (exact) mass is 300 g/mol. The number of anilines is 1. The van der Waals surface area contributed by atoms with Crippen LogP contribution < -0.4 is 5.73 Å². The summed E-state index contributed by atoms with van der Waals surface area (Å²) in [4.78, 5) is 0.312. The second kappa shape index (κ2) is 5.34. The highest BCUT2D eigenvalue weighted by Gasteiger charge is 2.31. The number of rotatable bonds is 2. The predicted molar refractivity (Wildman–Crippen MR) is 81.0 cm³/mol. The van der Waals surface area contributed by atoms with Crippen LogP contribution in [0.2, 0.25) is 0 Å². The van der Waals surface area contributed by atoms with Crippen LogP contribution in [-0.4, -0.2) is 36.8 Å². The molecule has 1 aliphatic heterocycles. The normalized spacial score (nSPS) is 21.5. The molecule has 19 heavy (non-hydrogen) atoms. The van der Waals surface area contributed by atoms with Gasteiger partial charge in [0.25, 0.3) is 0 Å². The number of nitrogens with two attached hydrogens (primary N) is 1. The molecular weight excluding hydrogens is 280 g/mol. The molecule has 1 aliphatic rings. The maximum absolute atomic E-state index is 12.7. The number of hydrogen-bond acceptors (Lipinski definition) is 4. The molecule has 1 aromatic rings. The van der Waals surface area contributed by atoms with Crippen molar-refractivity contribution >= 4 is 27.5 Å². The van der Waals surface area contributed by atoms with Crippen LogP contribution in [-0.2, 0) is 10.0 Å². The van der Waals surface area contributed by atoms with Gasteiger partial charge in [-0.3, -0.25) is 0 Å². The predicted octanol–water partition coefficient (Wildman–Crippen LogP) is 2.01. The molecule has 1 heterocycles. The first kappa shape index (κ1) is 14.7. The highest BCUT2D eigenvalue weighted by Crippen LogP contribution is 2.27. The van der Waals surface area contributed by atoms with E-state index in [4.69, 9.17) is 5.73 Å². The Morgan fingerprint density at radius 2 is 2.05 bits per heavy atom. The van der Waals surface area contributed by atoms with E-state index in [1.165, 1.54) is 0 Å². The molecule has 1 atom stereocenters. The molecule has 106 valence electrons. The maximum Gasteiger partial charge on any atom is 0.243 e. The third kappa shape index (κ3) is 2.75. The third-order valence-corrected chi connectivity index (χ3v) is 6.78. The van der Waals surface area contributed by atoms with Crippen LogP contribution >= 0.6 is 11.8 Å². The van der Waals surface area contributed by atoms with Gasteiger partial charge in [-0.1, -0.05) is 0 Å². The molecular formula is C13H20N2O2S2. The summed E-state index contributed by atoms with van der Waals surface area (Å²) in [5, 5.41) is 0. The Balaban J connectivity index is 2.44. The number of thioether (sulfide) groups is 1. The van der Waals surface area contributed by atoms with Crippen molar-refractivity contribution in [3.8, 4) is 0 Å². The van der Waals surface area contributed by atoms with Gasteiger partial charge >= 0.3 is 0 Å². The van der Waals surface area contributed by atoms with Gasteiger partial charge in [0, 0.05) is 29.8 Å². The van der Waals surface area contributed by atoms with Crippen LogP contribution in [0, 0.1) is 13.8 Å². The zero-order valence-electron chi connectivity index (χ0n) is 11.5. The maximum atomic E-state index is 12.7. The van der Waals surface area contributed by atoms with Crippen LogP contribution in [0.4, 0.5) is 5.69 Å². The van der Waals surface area contributed by atoms with Crippen molar-refractivity contribution in [2.45, 2.75) is 31.7 Å². The summed E-state index contributed by atoms with van der Waals surface area (Å²) in [5.41, 5.74) is 8.29. The number of nitrogen functional groups attached to an aromatic ring is 1. The van der Waals surface area contributed by atoms with Crippen molar-refractivity contribution in [3.05, 3.63) is 23.3 Å². The van der Waals surface area contributed by atoms with E-state index in [1.54, 1.807) is 28.2 Å². The lowest BCUT2D eigenvalue weighted by Gasteiger charge is -2.32. The van der Waals surface area contributed by atoms with E-state index in [1.807, 2.05) is 20.8 Å². The topological polar surface area (TPSA) is 63.4 Å². The number of aryl methyl sites for hydroxylation is 1. The molecule has 6 heteroatoms. The van der Waals surface area contributed by atoms with Gasteiger partial charge in [-0.2, -0.15) is 16.1 Å². The fraction of sp³-hybridized carbons (Fsp3) is 0.538. The molecule has 1 fully saturated rings. The lowest BCUT2D eigenvalue weighted by atomic mass is 10.1. The summed E-state index contributed by atoms with van der Waals surface area (Å²) in [6.45, 7) is 6.32. The Kier molecular flexibility index (Phi) is 4.13. The Morgan fingerprint density at radius 3 is 2.63 bits per heavy atom. The van der Waals surface area contributed by atoms with Crippen LogP contribution in [0.1, 0.15) is 18.1 Å². The van der Waals surface area contributed by atoms with E-state index in [9.17, 15) is 8.42 Å². The Morgan fingerprint density at radius 1 is 1.37 bits per heavy atom. The summed E-state index contributed by atoms with van der Waals surface area (Å²) >= 11 is 1.80. The first-order valence-electron chi connectivity index (χ1n) is 6.30. The average molecular weight is 300 g/mol. The van der Waals surface area contributed by atoms with Crippen molar-refractivity contribution in [2.75, 3.05) is 23.8 Å². The van der Waals surface area contributed by atoms with Gasteiger partial charge in [0.05, 0.1) is 4.90 Å². The van der Waals surface area contributed by atoms with E-state index >= 15 is 0 Å². The molecule has 0 amide bonds. The Bertz CT molecular complexity index is 561. The van der Waals surface area contributed by atoms with Gasteiger partial charge < -0.3 is 5.73 Å². The van der Waals surface area contributed by atoms with Gasteiger partial charge in [0.1, 0.15) is 0 Å². The van der Waals surface area contributed by atoms with E-state index in [-0.39, 0.29) is 6.04 Å². The van der Waals surface area contributed by atoms with E-state index in [0.717, 1.165) is 22.6 Å². The molecule has 4 nitrogen and oxygen atoms in total. The van der Waals surface area contributed by atoms with Crippen molar-refractivity contribution in [1.29, 1.82) is 0 Å². The molecule has 0 bridgehead atoms. The third-order valence-electron chi connectivity index (χ3n) is 3.59. The highest BCUT2D eigenvalue weighted by atomic mass is 32.2. The van der Waals surface area contributed by atoms with Crippen molar-refractivity contribution in [1.82, 2.24) is 4.31 Å². The van der Waals surface area contributed by atoms with Gasteiger partial charge in [-0.25, -0.2) is 8.42 Å². The van der Waals surface area contributed by atoms with Gasteiger partial charge in [-0.05, 0) is 44.0 Å². The zero-order chi connectivity index (χ0) is 14.2. The SMILES string of the molecule is Cc1cc(S(=O)(=O)N2CCSCC2C)cc(N)c1C. The largest absolute Gasteiger partial charge is 0.398 e. The second-order valence-corrected chi connectivity index (χ2v) is 8.03. The molecule has 0 spiro atoms. The molecule has 2 rings (SSSR count). The lowest BCUT2D eigenvalue weighted by molar-refractivity contribution is 0.367. The van der Waals surface area contributed by atoms with Crippen LogP contribution in [0.15, 0.2) is 17.0 Å². The molecule has 0 saturated carbocycles. The summed E-state index contributed by atoms with van der Waals surface area (Å²) in [6.07, 6.45) is 0. The smallest absolute Gasteiger partial charge is 0.243 e. The van der Waals surface area contributed by atoms with Gasteiger partial charge in [0.15, 0.2) is 0 Å². The minimum atomic E-state index is -3.43. The van der Waals surface area contributed by atoms with Crippen molar-refractivity contribution < 1.29 is 8.42 Å². The Labute approximate surface area is 119 Å². The quantitative estimate of drug-likeness (QED) is 0.849. The summed E-state index contributed by atoms with van der Waals surface area (Å²) in [5.74, 6) is 1.70. The fourth-order valence-electron chi connectivity index (χ4n) is 2.21. The zero-order valence-corrected chi connectivity index (χ0v) is 13.1. The van der Waals surface area contributed by atoms with Crippen molar-refractivity contribution in [3.63, 3.8) is 0 Å². The molecule has 1 saturated heterocycles. The second-order valence-electron chi connectivity index (χ2n) is 4.99. The van der Waals surface area contributed by atoms with Gasteiger partial charge in [-0.15, -0.1) is 0 Å². The average Bonchev–Trinajstić information content (AvgIpc) is 2.35. The van der Waals surface area contributed by atoms with Crippen LogP contribution in [0.3, 0.4) is 0 Å². The number of benzene rings is 1. The summed E-state index contributed by atoms with van der Waals surface area (Å²) in [7, 11) is -3.43. The fourth-order valence-corrected chi connectivity index (χ4v) is 5.18. The van der Waals surface area contributed by atoms with Crippen molar-refractivity contribution in [2.24, 2.45) is 0 Å². The molecule has 0 aromatic heterocycles. The molecule has 1 unspecified atom stereocenters. The number of hydrogen-bond donors (Lipinski definition) is 1. The van der Waals surface area contributed by atoms with E-state index < -0.39 is 10.0 Å². The first-order valence-corrected chi connectivity index (χ1v) is 8.90. The number of sulfonamides is 1.